The molecule has 1 aromatic carbocycles. The summed E-state index contributed by atoms with van der Waals surface area (Å²) in [4.78, 5) is 37.2. The molecule has 1 atom stereocenters. The number of benzene rings is 1. The molecule has 0 radical (unpaired) electrons. The summed E-state index contributed by atoms with van der Waals surface area (Å²) in [5.41, 5.74) is 0.943. The van der Waals surface area contributed by atoms with Crippen LogP contribution in [0.5, 0.6) is 0 Å². The maximum Gasteiger partial charge on any atom is 0.323 e. The van der Waals surface area contributed by atoms with Crippen molar-refractivity contribution in [1.29, 1.82) is 0 Å². The number of aliphatic carboxylic acids is 1. The lowest BCUT2D eigenvalue weighted by molar-refractivity contribution is -0.138. The number of carbonyl (C=O) groups is 2. The van der Waals surface area contributed by atoms with Crippen molar-refractivity contribution in [3.8, 4) is 0 Å². The van der Waals surface area contributed by atoms with Gasteiger partial charge in [-0.2, -0.15) is 4.72 Å². The van der Waals surface area contributed by atoms with Crippen LogP contribution >= 0.6 is 0 Å². The SMILES string of the molecule is CCCCS(=O)(=O)NC(CNC(=O)c1cn(C)c2cc(CNC3NCCN3)ccc2c1=O)C(=O)O. The van der Waals surface area contributed by atoms with Gasteiger partial charge in [-0.1, -0.05) is 19.4 Å². The van der Waals surface area contributed by atoms with Crippen LogP contribution < -0.4 is 31.4 Å². The molecule has 12 nitrogen and oxygen atoms in total. The minimum Gasteiger partial charge on any atom is -0.480 e. The summed E-state index contributed by atoms with van der Waals surface area (Å²) >= 11 is 0. The number of hydrogen-bond acceptors (Lipinski definition) is 8. The van der Waals surface area contributed by atoms with E-state index in [2.05, 4.69) is 26.0 Å². The van der Waals surface area contributed by atoms with Crippen molar-refractivity contribution in [1.82, 2.24) is 30.6 Å². The first-order valence-corrected chi connectivity index (χ1v) is 13.1. The lowest BCUT2D eigenvalue weighted by atomic mass is 10.1. The molecule has 0 spiro atoms. The fourth-order valence-corrected chi connectivity index (χ4v) is 5.15. The maximum absolute atomic E-state index is 13.0. The molecule has 1 aromatic heterocycles. The molecule has 35 heavy (non-hydrogen) atoms. The van der Waals surface area contributed by atoms with Crippen molar-refractivity contribution in [2.24, 2.45) is 7.05 Å². The molecule has 0 saturated carbocycles. The average molecular weight is 509 g/mol. The number of sulfonamides is 1. The van der Waals surface area contributed by atoms with Crippen molar-refractivity contribution in [2.75, 3.05) is 25.4 Å². The highest BCUT2D eigenvalue weighted by Crippen LogP contribution is 2.14. The van der Waals surface area contributed by atoms with Gasteiger partial charge in [-0.15, -0.1) is 0 Å². The Morgan fingerprint density at radius 2 is 1.97 bits per heavy atom. The van der Waals surface area contributed by atoms with E-state index >= 15 is 0 Å². The van der Waals surface area contributed by atoms with Crippen molar-refractivity contribution >= 4 is 32.8 Å². The Labute approximate surface area is 203 Å². The maximum atomic E-state index is 13.0. The third-order valence-electron chi connectivity index (χ3n) is 5.68. The number of pyridine rings is 1. The number of fused-ring (bicyclic) bond motifs is 1. The molecule has 2 aromatic rings. The third kappa shape index (κ3) is 7.08. The highest BCUT2D eigenvalue weighted by Gasteiger charge is 2.25. The van der Waals surface area contributed by atoms with E-state index in [4.69, 9.17) is 0 Å². The molecule has 1 aliphatic rings. The van der Waals surface area contributed by atoms with Crippen LogP contribution in [0, 0.1) is 0 Å². The summed E-state index contributed by atoms with van der Waals surface area (Å²) in [6.07, 6.45) is 2.42. The van der Waals surface area contributed by atoms with Gasteiger partial charge >= 0.3 is 5.97 Å². The Morgan fingerprint density at radius 1 is 1.26 bits per heavy atom. The molecule has 3 rings (SSSR count). The second kappa shape index (κ2) is 11.7. The number of aryl methyl sites for hydroxylation is 1. The molecule has 0 bridgehead atoms. The fraction of sp³-hybridized carbons (Fsp3) is 0.500. The normalized spacial score (nSPS) is 15.4. The first kappa shape index (κ1) is 26.8. The zero-order chi connectivity index (χ0) is 25.6. The molecule has 6 N–H and O–H groups in total. The predicted molar refractivity (Wildman–Crippen MR) is 131 cm³/mol. The molecule has 13 heteroatoms. The zero-order valence-electron chi connectivity index (χ0n) is 19.8. The van der Waals surface area contributed by atoms with Crippen LogP contribution in [0.25, 0.3) is 10.9 Å². The van der Waals surface area contributed by atoms with Crippen molar-refractivity contribution < 1.29 is 23.1 Å². The van der Waals surface area contributed by atoms with Gasteiger partial charge in [0.25, 0.3) is 5.91 Å². The van der Waals surface area contributed by atoms with E-state index in [0.717, 1.165) is 18.7 Å². The first-order chi connectivity index (χ1) is 16.6. The molecule has 192 valence electrons. The van der Waals surface area contributed by atoms with Gasteiger partial charge in [-0.25, -0.2) is 8.42 Å². The largest absolute Gasteiger partial charge is 0.480 e. The summed E-state index contributed by atoms with van der Waals surface area (Å²) in [6, 6.07) is 3.78. The number of carboxylic acid groups (broad SMARTS) is 1. The Balaban J connectivity index is 1.72. The molecular weight excluding hydrogens is 476 g/mol. The standard InChI is InChI=1S/C22H32N6O6S/c1-3-4-9-35(33,34)27-17(21(31)32)12-25-20(30)16-13-28(2)18-10-14(5-6-15(18)19(16)29)11-26-22-23-7-8-24-22/h5-6,10,13,17,22-24,26-27H,3-4,7-9,11-12H2,1-2H3,(H,25,30)(H,31,32). The fourth-order valence-electron chi connectivity index (χ4n) is 3.75. The molecule has 1 saturated heterocycles. The average Bonchev–Trinajstić information content (AvgIpc) is 3.34. The van der Waals surface area contributed by atoms with Gasteiger partial charge < -0.3 is 15.0 Å². The van der Waals surface area contributed by atoms with Gasteiger partial charge in [0.15, 0.2) is 0 Å². The second-order valence-corrected chi connectivity index (χ2v) is 10.3. The highest BCUT2D eigenvalue weighted by atomic mass is 32.2. The second-order valence-electron chi connectivity index (χ2n) is 8.45. The Morgan fingerprint density at radius 3 is 2.63 bits per heavy atom. The third-order valence-corrected chi connectivity index (χ3v) is 7.15. The summed E-state index contributed by atoms with van der Waals surface area (Å²) in [7, 11) is -2.11. The van der Waals surface area contributed by atoms with E-state index in [1.807, 2.05) is 13.0 Å². The summed E-state index contributed by atoms with van der Waals surface area (Å²) in [5, 5.41) is 21.9. The number of amides is 1. The smallest absolute Gasteiger partial charge is 0.323 e. The van der Waals surface area contributed by atoms with Crippen LogP contribution in [0.2, 0.25) is 0 Å². The van der Waals surface area contributed by atoms with E-state index < -0.39 is 39.9 Å². The van der Waals surface area contributed by atoms with Crippen LogP contribution in [-0.2, 0) is 28.4 Å². The molecule has 1 unspecified atom stereocenters. The minimum atomic E-state index is -3.82. The molecular formula is C22H32N6O6S. The van der Waals surface area contributed by atoms with E-state index in [9.17, 15) is 27.9 Å². The van der Waals surface area contributed by atoms with E-state index in [1.165, 1.54) is 6.20 Å². The Bertz CT molecular complexity index is 1240. The van der Waals surface area contributed by atoms with E-state index in [-0.39, 0.29) is 17.6 Å². The summed E-state index contributed by atoms with van der Waals surface area (Å²) in [5.74, 6) is -2.42. The Hall–Kier alpha value is -2.84. The van der Waals surface area contributed by atoms with Crippen LogP contribution in [0.4, 0.5) is 0 Å². The van der Waals surface area contributed by atoms with Gasteiger partial charge in [0.2, 0.25) is 15.5 Å². The van der Waals surface area contributed by atoms with Crippen LogP contribution in [0.1, 0.15) is 35.7 Å². The lowest BCUT2D eigenvalue weighted by Crippen LogP contribution is -2.49. The highest BCUT2D eigenvalue weighted by molar-refractivity contribution is 7.89. The van der Waals surface area contributed by atoms with Gasteiger partial charge in [0, 0.05) is 44.8 Å². The zero-order valence-corrected chi connectivity index (χ0v) is 20.6. The van der Waals surface area contributed by atoms with Crippen molar-refractivity contribution in [3.05, 3.63) is 45.7 Å². The molecule has 1 aliphatic heterocycles. The number of hydrogen-bond donors (Lipinski definition) is 6. The number of carboxylic acids is 1. The Kier molecular flexibility index (Phi) is 8.97. The number of nitrogens with one attached hydrogen (secondary N) is 5. The minimum absolute atomic E-state index is 0.0198. The first-order valence-electron chi connectivity index (χ1n) is 11.4. The summed E-state index contributed by atoms with van der Waals surface area (Å²) in [6.45, 7) is 3.65. The number of nitrogens with zero attached hydrogens (tertiary/aromatic N) is 1. The van der Waals surface area contributed by atoms with Gasteiger partial charge in [0.1, 0.15) is 17.9 Å². The van der Waals surface area contributed by atoms with E-state index in [0.29, 0.717) is 30.3 Å². The molecule has 1 amide bonds. The number of carbonyl (C=O) groups excluding carboxylic acids is 1. The van der Waals surface area contributed by atoms with Crippen LogP contribution in [-0.4, -0.2) is 67.7 Å². The number of unbranched alkanes of at least 4 members (excludes halogenated alkanes) is 1. The topological polar surface area (TPSA) is 171 Å². The van der Waals surface area contributed by atoms with Gasteiger partial charge in [0.05, 0.1) is 11.3 Å². The molecule has 2 heterocycles. The summed E-state index contributed by atoms with van der Waals surface area (Å²) < 4.78 is 27.9. The molecule has 1 fully saturated rings. The van der Waals surface area contributed by atoms with E-state index in [1.54, 1.807) is 23.7 Å². The van der Waals surface area contributed by atoms with Crippen molar-refractivity contribution in [3.63, 3.8) is 0 Å². The molecule has 0 aliphatic carbocycles. The number of aromatic nitrogens is 1. The quantitative estimate of drug-likeness (QED) is 0.211. The van der Waals surface area contributed by atoms with Crippen molar-refractivity contribution in [2.45, 2.75) is 38.6 Å². The van der Waals surface area contributed by atoms with Gasteiger partial charge in [-0.3, -0.25) is 30.3 Å². The number of rotatable bonds is 12. The predicted octanol–water partition coefficient (Wildman–Crippen LogP) is -0.993. The van der Waals surface area contributed by atoms with Crippen LogP contribution in [0.3, 0.4) is 0 Å². The monoisotopic (exact) mass is 508 g/mol. The lowest BCUT2D eigenvalue weighted by Gasteiger charge is -2.16. The van der Waals surface area contributed by atoms with Crippen LogP contribution in [0.15, 0.2) is 29.2 Å². The van der Waals surface area contributed by atoms with Gasteiger partial charge in [-0.05, 0) is 24.1 Å².